The van der Waals surface area contributed by atoms with Crippen LogP contribution in [0, 0.1) is 11.6 Å². The summed E-state index contributed by atoms with van der Waals surface area (Å²) in [6.45, 7) is 1.74. The number of carbonyl (C=O) groups excluding carboxylic acids is 1. The summed E-state index contributed by atoms with van der Waals surface area (Å²) in [5.41, 5.74) is 0.593. The molecule has 0 aliphatic rings. The van der Waals surface area contributed by atoms with Crippen molar-refractivity contribution in [3.63, 3.8) is 0 Å². The highest BCUT2D eigenvalue weighted by atomic mass is 35.5. The zero-order valence-electron chi connectivity index (χ0n) is 13.4. The minimum atomic E-state index is -0.503. The van der Waals surface area contributed by atoms with E-state index in [1.807, 2.05) is 0 Å². The number of carbonyl (C=O) groups is 1. The van der Waals surface area contributed by atoms with E-state index in [1.165, 1.54) is 31.4 Å². The van der Waals surface area contributed by atoms with Crippen LogP contribution in [0.1, 0.15) is 28.2 Å². The molecule has 1 amide bonds. The molecule has 130 valence electrons. The lowest BCUT2D eigenvalue weighted by Gasteiger charge is -2.15. The van der Waals surface area contributed by atoms with Crippen LogP contribution in [-0.2, 0) is 0 Å². The van der Waals surface area contributed by atoms with E-state index in [9.17, 15) is 13.6 Å². The van der Waals surface area contributed by atoms with Crippen LogP contribution in [-0.4, -0.2) is 13.0 Å². The lowest BCUT2D eigenvalue weighted by Crippen LogP contribution is -2.26. The van der Waals surface area contributed by atoms with Crippen LogP contribution < -0.4 is 10.1 Å². The second kappa shape index (κ2) is 6.98. The normalized spacial score (nSPS) is 12.2. The minimum absolute atomic E-state index is 0.136. The van der Waals surface area contributed by atoms with Gasteiger partial charge in [0.05, 0.1) is 18.2 Å². The number of nitrogens with one attached hydrogen (secondary N) is 1. The highest BCUT2D eigenvalue weighted by Gasteiger charge is 2.20. The summed E-state index contributed by atoms with van der Waals surface area (Å²) < 4.78 is 32.6. The maximum Gasteiger partial charge on any atom is 0.263 e. The Balaban J connectivity index is 1.84. The number of ether oxygens (including phenoxy) is 1. The van der Waals surface area contributed by atoms with Gasteiger partial charge < -0.3 is 10.1 Å². The molecule has 0 saturated carbocycles. The van der Waals surface area contributed by atoms with Crippen LogP contribution >= 0.6 is 22.9 Å². The first-order valence-electron chi connectivity index (χ1n) is 7.42. The van der Waals surface area contributed by atoms with Gasteiger partial charge in [-0.3, -0.25) is 4.79 Å². The minimum Gasteiger partial charge on any atom is -0.494 e. The maximum atomic E-state index is 13.8. The number of rotatable bonds is 4. The molecule has 1 aromatic heterocycles. The van der Waals surface area contributed by atoms with Gasteiger partial charge in [-0.2, -0.15) is 0 Å². The van der Waals surface area contributed by atoms with E-state index in [1.54, 1.807) is 19.1 Å². The molecule has 1 heterocycles. The molecule has 0 fully saturated rings. The van der Waals surface area contributed by atoms with Crippen molar-refractivity contribution < 1.29 is 18.3 Å². The number of halogens is 3. The molecule has 2 aromatic carbocycles. The first-order chi connectivity index (χ1) is 11.9. The second-order valence-corrected chi connectivity index (χ2v) is 6.90. The summed E-state index contributed by atoms with van der Waals surface area (Å²) in [5.74, 6) is -1.15. The number of hydrogen-bond acceptors (Lipinski definition) is 3. The standard InChI is InChI=1S/C18H14ClF2NO2S/c1-9(10-3-6-14(24-2)13(21)7-10)22-18(23)17-16(19)12-5-4-11(20)8-15(12)25-17/h3-9H,1-2H3,(H,22,23). The highest BCUT2D eigenvalue weighted by molar-refractivity contribution is 7.21. The zero-order valence-corrected chi connectivity index (χ0v) is 15.0. The molecule has 1 N–H and O–H groups in total. The van der Waals surface area contributed by atoms with Gasteiger partial charge in [-0.25, -0.2) is 8.78 Å². The third-order valence-corrected chi connectivity index (χ3v) is 5.48. The Morgan fingerprint density at radius 2 is 2.00 bits per heavy atom. The highest BCUT2D eigenvalue weighted by Crippen LogP contribution is 2.36. The van der Waals surface area contributed by atoms with Crippen molar-refractivity contribution in [2.75, 3.05) is 7.11 Å². The Labute approximate surface area is 152 Å². The molecule has 0 aliphatic heterocycles. The van der Waals surface area contributed by atoms with Gasteiger partial charge in [0.15, 0.2) is 11.6 Å². The fraction of sp³-hybridized carbons (Fsp3) is 0.167. The molecule has 1 atom stereocenters. The number of benzene rings is 2. The maximum absolute atomic E-state index is 13.8. The topological polar surface area (TPSA) is 38.3 Å². The second-order valence-electron chi connectivity index (χ2n) is 5.47. The molecule has 0 aliphatic carbocycles. The summed E-state index contributed by atoms with van der Waals surface area (Å²) in [6, 6.07) is 8.23. The van der Waals surface area contributed by atoms with Crippen molar-refractivity contribution in [3.05, 3.63) is 63.5 Å². The molecule has 0 saturated heterocycles. The third kappa shape index (κ3) is 3.45. The molecular formula is C18H14ClF2NO2S. The van der Waals surface area contributed by atoms with Crippen LogP contribution in [0.2, 0.25) is 5.02 Å². The van der Waals surface area contributed by atoms with Crippen molar-refractivity contribution >= 4 is 38.9 Å². The van der Waals surface area contributed by atoms with Crippen molar-refractivity contribution in [3.8, 4) is 5.75 Å². The summed E-state index contributed by atoms with van der Waals surface area (Å²) >= 11 is 7.36. The van der Waals surface area contributed by atoms with Crippen LogP contribution in [0.3, 0.4) is 0 Å². The van der Waals surface area contributed by atoms with E-state index >= 15 is 0 Å². The van der Waals surface area contributed by atoms with Crippen LogP contribution in [0.15, 0.2) is 36.4 Å². The quantitative estimate of drug-likeness (QED) is 0.663. The van der Waals surface area contributed by atoms with E-state index in [4.69, 9.17) is 16.3 Å². The van der Waals surface area contributed by atoms with Crippen molar-refractivity contribution in [1.82, 2.24) is 5.32 Å². The summed E-state index contributed by atoms with van der Waals surface area (Å²) in [7, 11) is 1.38. The largest absolute Gasteiger partial charge is 0.494 e. The van der Waals surface area contributed by atoms with Crippen LogP contribution in [0.4, 0.5) is 8.78 Å². The van der Waals surface area contributed by atoms with Crippen molar-refractivity contribution in [1.29, 1.82) is 0 Å². The number of hydrogen-bond donors (Lipinski definition) is 1. The fourth-order valence-corrected chi connectivity index (χ4v) is 3.93. The Morgan fingerprint density at radius 3 is 2.68 bits per heavy atom. The van der Waals surface area contributed by atoms with E-state index in [0.29, 0.717) is 20.5 Å². The Kier molecular flexibility index (Phi) is 4.92. The lowest BCUT2D eigenvalue weighted by molar-refractivity contribution is 0.0944. The Hall–Kier alpha value is -2.18. The van der Waals surface area contributed by atoms with Gasteiger partial charge in [-0.1, -0.05) is 17.7 Å². The summed E-state index contributed by atoms with van der Waals surface area (Å²) in [6.07, 6.45) is 0. The van der Waals surface area contributed by atoms with E-state index in [-0.39, 0.29) is 16.6 Å². The van der Waals surface area contributed by atoms with E-state index in [0.717, 1.165) is 11.3 Å². The van der Waals surface area contributed by atoms with Gasteiger partial charge in [0, 0.05) is 10.1 Å². The molecule has 7 heteroatoms. The van der Waals surface area contributed by atoms with Gasteiger partial charge in [-0.15, -0.1) is 11.3 Å². The zero-order chi connectivity index (χ0) is 18.1. The average molecular weight is 382 g/mol. The van der Waals surface area contributed by atoms with E-state index < -0.39 is 17.8 Å². The van der Waals surface area contributed by atoms with Gasteiger partial charge in [0.1, 0.15) is 10.7 Å². The van der Waals surface area contributed by atoms with Gasteiger partial charge in [0.25, 0.3) is 5.91 Å². The smallest absolute Gasteiger partial charge is 0.263 e. The summed E-state index contributed by atoms with van der Waals surface area (Å²) in [5, 5.41) is 3.69. The average Bonchev–Trinajstić information content (AvgIpc) is 2.90. The number of fused-ring (bicyclic) bond motifs is 1. The lowest BCUT2D eigenvalue weighted by atomic mass is 10.1. The van der Waals surface area contributed by atoms with Gasteiger partial charge in [0.2, 0.25) is 0 Å². The number of methoxy groups -OCH3 is 1. The third-order valence-electron chi connectivity index (χ3n) is 3.82. The molecule has 25 heavy (non-hydrogen) atoms. The van der Waals surface area contributed by atoms with Crippen LogP contribution in [0.25, 0.3) is 10.1 Å². The molecular weight excluding hydrogens is 368 g/mol. The number of amides is 1. The summed E-state index contributed by atoms with van der Waals surface area (Å²) in [4.78, 5) is 12.8. The predicted molar refractivity (Wildman–Crippen MR) is 95.6 cm³/mol. The van der Waals surface area contributed by atoms with Crippen LogP contribution in [0.5, 0.6) is 5.75 Å². The number of thiophene rings is 1. The first-order valence-corrected chi connectivity index (χ1v) is 8.62. The predicted octanol–water partition coefficient (Wildman–Crippen LogP) is 5.33. The van der Waals surface area contributed by atoms with Crippen molar-refractivity contribution in [2.45, 2.75) is 13.0 Å². The molecule has 3 nitrogen and oxygen atoms in total. The molecule has 3 rings (SSSR count). The molecule has 1 unspecified atom stereocenters. The molecule has 3 aromatic rings. The fourth-order valence-electron chi connectivity index (χ4n) is 2.48. The Morgan fingerprint density at radius 1 is 1.24 bits per heavy atom. The van der Waals surface area contributed by atoms with E-state index in [2.05, 4.69) is 5.32 Å². The SMILES string of the molecule is COc1ccc(C(C)NC(=O)c2sc3cc(F)ccc3c2Cl)cc1F. The Bertz CT molecular complexity index is 958. The molecule has 0 radical (unpaired) electrons. The van der Waals surface area contributed by atoms with Gasteiger partial charge in [-0.05, 0) is 42.8 Å². The first kappa shape index (κ1) is 17.6. The molecule has 0 bridgehead atoms. The van der Waals surface area contributed by atoms with Crippen molar-refractivity contribution in [2.24, 2.45) is 0 Å². The molecule has 0 spiro atoms. The monoisotopic (exact) mass is 381 g/mol. The van der Waals surface area contributed by atoms with Gasteiger partial charge >= 0.3 is 0 Å².